The molecule has 0 saturated heterocycles. The maximum Gasteiger partial charge on any atom is 0.285 e. The molecule has 0 aliphatic carbocycles. The Hall–Kier alpha value is -2.24. The van der Waals surface area contributed by atoms with Crippen LogP contribution < -0.4 is 4.74 Å². The molecule has 0 aliphatic heterocycles. The topological polar surface area (TPSA) is 44.1 Å². The Morgan fingerprint density at radius 1 is 1.08 bits per heavy atom. The number of aromatic nitrogens is 2. The summed E-state index contributed by atoms with van der Waals surface area (Å²) in [5.41, 5.74) is 2.86. The first-order valence-electron chi connectivity index (χ1n) is 8.16. The minimum Gasteiger partial charge on any atom is -0.484 e. The van der Waals surface area contributed by atoms with Gasteiger partial charge in [-0.3, -0.25) is 4.79 Å². The van der Waals surface area contributed by atoms with Crippen LogP contribution in [0.2, 0.25) is 5.02 Å². The number of benzene rings is 2. The molecule has 0 bridgehead atoms. The molecular weight excluding hydrogens is 368 g/mol. The van der Waals surface area contributed by atoms with Crippen LogP contribution in [0.1, 0.15) is 21.7 Å². The Labute approximate surface area is 162 Å². The average molecular weight is 387 g/mol. The van der Waals surface area contributed by atoms with Crippen LogP contribution in [0.4, 0.5) is 0 Å². The van der Waals surface area contributed by atoms with Crippen LogP contribution in [0.15, 0.2) is 58.3 Å². The lowest BCUT2D eigenvalue weighted by Gasteiger charge is -2.07. The van der Waals surface area contributed by atoms with Crippen LogP contribution in [0.3, 0.4) is 0 Å². The molecule has 0 spiro atoms. The predicted molar refractivity (Wildman–Crippen MR) is 105 cm³/mol. The highest BCUT2D eigenvalue weighted by Gasteiger charge is 2.18. The number of rotatable bonds is 5. The number of hydrogen-bond donors (Lipinski definition) is 0. The smallest absolute Gasteiger partial charge is 0.285 e. The van der Waals surface area contributed by atoms with Crippen molar-refractivity contribution in [2.45, 2.75) is 30.6 Å². The van der Waals surface area contributed by atoms with Gasteiger partial charge in [-0.05, 0) is 57.2 Å². The van der Waals surface area contributed by atoms with E-state index < -0.39 is 0 Å². The van der Waals surface area contributed by atoms with Gasteiger partial charge in [0.05, 0.1) is 16.3 Å². The Balaban J connectivity index is 1.72. The van der Waals surface area contributed by atoms with Gasteiger partial charge >= 0.3 is 0 Å². The summed E-state index contributed by atoms with van der Waals surface area (Å²) in [5.74, 6) is 0.384. The number of carbonyl (C=O) groups excluding carboxylic acids is 1. The van der Waals surface area contributed by atoms with E-state index in [4.69, 9.17) is 16.3 Å². The molecular formula is C20H19ClN2O2S. The molecule has 0 unspecified atom stereocenters. The van der Waals surface area contributed by atoms with Crippen LogP contribution in [-0.4, -0.2) is 22.3 Å². The van der Waals surface area contributed by atoms with Crippen molar-refractivity contribution in [3.05, 3.63) is 70.5 Å². The first-order valence-corrected chi connectivity index (χ1v) is 9.36. The van der Waals surface area contributed by atoms with Gasteiger partial charge in [-0.25, -0.2) is 4.68 Å². The Kier molecular flexibility index (Phi) is 5.69. The van der Waals surface area contributed by atoms with E-state index in [0.717, 1.165) is 21.2 Å². The molecule has 0 saturated carbocycles. The molecule has 134 valence electrons. The van der Waals surface area contributed by atoms with Crippen molar-refractivity contribution in [2.24, 2.45) is 0 Å². The molecule has 1 aromatic heterocycles. The summed E-state index contributed by atoms with van der Waals surface area (Å²) >= 11 is 7.46. The third-order valence-corrected chi connectivity index (χ3v) is 5.43. The number of carbonyl (C=O) groups is 1. The second-order valence-electron chi connectivity index (χ2n) is 5.96. The van der Waals surface area contributed by atoms with Crippen molar-refractivity contribution in [3.63, 3.8) is 0 Å². The van der Waals surface area contributed by atoms with Gasteiger partial charge in [0.2, 0.25) is 0 Å². The number of aryl methyl sites for hydroxylation is 2. The van der Waals surface area contributed by atoms with E-state index in [1.807, 2.05) is 13.8 Å². The van der Waals surface area contributed by atoms with Crippen molar-refractivity contribution in [1.82, 2.24) is 9.78 Å². The Bertz CT molecular complexity index is 918. The summed E-state index contributed by atoms with van der Waals surface area (Å²) < 4.78 is 6.96. The molecule has 0 fully saturated rings. The Morgan fingerprint density at radius 2 is 1.73 bits per heavy atom. The Morgan fingerprint density at radius 3 is 2.38 bits per heavy atom. The summed E-state index contributed by atoms with van der Waals surface area (Å²) in [4.78, 5) is 14.6. The maximum atomic E-state index is 12.5. The lowest BCUT2D eigenvalue weighted by Crippen LogP contribution is -2.21. The molecule has 4 nitrogen and oxygen atoms in total. The minimum atomic E-state index is -0.212. The lowest BCUT2D eigenvalue weighted by atomic mass is 10.2. The zero-order valence-electron chi connectivity index (χ0n) is 14.8. The molecule has 26 heavy (non-hydrogen) atoms. The second kappa shape index (κ2) is 7.98. The predicted octanol–water partition coefficient (Wildman–Crippen LogP) is 5.33. The summed E-state index contributed by atoms with van der Waals surface area (Å²) in [6, 6.07) is 15.2. The highest BCUT2D eigenvalue weighted by molar-refractivity contribution is 7.99. The van der Waals surface area contributed by atoms with E-state index >= 15 is 0 Å². The summed E-state index contributed by atoms with van der Waals surface area (Å²) in [7, 11) is 0. The van der Waals surface area contributed by atoms with E-state index in [-0.39, 0.29) is 12.5 Å². The fraction of sp³-hybridized carbons (Fsp3) is 0.200. The fourth-order valence-corrected chi connectivity index (χ4v) is 3.54. The maximum absolute atomic E-state index is 12.5. The summed E-state index contributed by atoms with van der Waals surface area (Å²) in [6.07, 6.45) is 0. The molecule has 3 rings (SSSR count). The quantitative estimate of drug-likeness (QED) is 0.594. The number of ether oxygens (including phenoxy) is 1. The van der Waals surface area contributed by atoms with E-state index in [1.165, 1.54) is 10.2 Å². The van der Waals surface area contributed by atoms with E-state index in [2.05, 4.69) is 36.3 Å². The standard InChI is InChI=1S/C20H19ClN2O2S/c1-13-4-10-18(11-5-13)26-20-14(2)22-23(15(20)3)19(24)12-25-17-8-6-16(21)7-9-17/h4-11H,12H2,1-3H3. The van der Waals surface area contributed by atoms with E-state index in [9.17, 15) is 4.79 Å². The third-order valence-electron chi connectivity index (χ3n) is 3.88. The van der Waals surface area contributed by atoms with E-state index in [0.29, 0.717) is 10.8 Å². The van der Waals surface area contributed by atoms with Crippen molar-refractivity contribution in [3.8, 4) is 5.75 Å². The van der Waals surface area contributed by atoms with Crippen molar-refractivity contribution < 1.29 is 9.53 Å². The molecule has 0 atom stereocenters. The average Bonchev–Trinajstić information content (AvgIpc) is 2.91. The molecule has 0 radical (unpaired) electrons. The van der Waals surface area contributed by atoms with Crippen LogP contribution in [0.25, 0.3) is 0 Å². The third kappa shape index (κ3) is 4.29. The monoisotopic (exact) mass is 386 g/mol. The zero-order chi connectivity index (χ0) is 18.7. The van der Waals surface area contributed by atoms with Gasteiger partial charge in [0.15, 0.2) is 6.61 Å². The van der Waals surface area contributed by atoms with Gasteiger partial charge in [-0.1, -0.05) is 41.1 Å². The van der Waals surface area contributed by atoms with Crippen LogP contribution in [0, 0.1) is 20.8 Å². The van der Waals surface area contributed by atoms with Gasteiger partial charge in [0, 0.05) is 9.92 Å². The van der Waals surface area contributed by atoms with Crippen molar-refractivity contribution >= 4 is 29.3 Å². The number of nitrogens with zero attached hydrogens (tertiary/aromatic N) is 2. The summed E-state index contributed by atoms with van der Waals surface area (Å²) in [5, 5.41) is 5.02. The molecule has 0 N–H and O–H groups in total. The highest BCUT2D eigenvalue weighted by Crippen LogP contribution is 2.32. The lowest BCUT2D eigenvalue weighted by molar-refractivity contribution is 0.0818. The van der Waals surface area contributed by atoms with Crippen molar-refractivity contribution in [2.75, 3.05) is 6.61 Å². The van der Waals surface area contributed by atoms with Crippen molar-refractivity contribution in [1.29, 1.82) is 0 Å². The molecule has 6 heteroatoms. The summed E-state index contributed by atoms with van der Waals surface area (Å²) in [6.45, 7) is 5.78. The van der Waals surface area contributed by atoms with Crippen LogP contribution in [-0.2, 0) is 0 Å². The largest absolute Gasteiger partial charge is 0.484 e. The van der Waals surface area contributed by atoms with Crippen LogP contribution >= 0.6 is 23.4 Å². The normalized spacial score (nSPS) is 10.8. The van der Waals surface area contributed by atoms with Gasteiger partial charge < -0.3 is 4.74 Å². The van der Waals surface area contributed by atoms with E-state index in [1.54, 1.807) is 36.0 Å². The number of hydrogen-bond acceptors (Lipinski definition) is 4. The van der Waals surface area contributed by atoms with Gasteiger partial charge in [-0.2, -0.15) is 5.10 Å². The van der Waals surface area contributed by atoms with Crippen LogP contribution in [0.5, 0.6) is 5.75 Å². The van der Waals surface area contributed by atoms with Gasteiger partial charge in [0.25, 0.3) is 5.91 Å². The molecule has 2 aromatic carbocycles. The molecule has 0 aliphatic rings. The highest BCUT2D eigenvalue weighted by atomic mass is 35.5. The fourth-order valence-electron chi connectivity index (χ4n) is 2.48. The molecule has 0 amide bonds. The SMILES string of the molecule is Cc1ccc(Sc2c(C)nn(C(=O)COc3ccc(Cl)cc3)c2C)cc1. The zero-order valence-corrected chi connectivity index (χ0v) is 16.4. The molecule has 3 aromatic rings. The minimum absolute atomic E-state index is 0.0851. The molecule has 1 heterocycles. The van der Waals surface area contributed by atoms with Gasteiger partial charge in [0.1, 0.15) is 5.75 Å². The number of halogens is 1. The first-order chi connectivity index (χ1) is 12.4. The van der Waals surface area contributed by atoms with Gasteiger partial charge in [-0.15, -0.1) is 0 Å². The second-order valence-corrected chi connectivity index (χ2v) is 7.48. The first kappa shape index (κ1) is 18.5.